The summed E-state index contributed by atoms with van der Waals surface area (Å²) < 4.78 is 12.1. The van der Waals surface area contributed by atoms with Crippen LogP contribution in [0, 0.1) is 0 Å². The number of hydrogen-bond acceptors (Lipinski definition) is 2. The van der Waals surface area contributed by atoms with Gasteiger partial charge in [-0.3, -0.25) is 0 Å². The fourth-order valence-electron chi connectivity index (χ4n) is 2.02. The van der Waals surface area contributed by atoms with Crippen molar-refractivity contribution in [1.82, 2.24) is 0 Å². The lowest BCUT2D eigenvalue weighted by Gasteiger charge is -2.32. The minimum absolute atomic E-state index is 0.176. The summed E-state index contributed by atoms with van der Waals surface area (Å²) in [4.78, 5) is 0. The first-order valence-corrected chi connectivity index (χ1v) is 6.91. The van der Waals surface area contributed by atoms with Gasteiger partial charge in [0.25, 0.3) is 0 Å². The molecule has 2 nitrogen and oxygen atoms in total. The molecule has 0 N–H and O–H groups in total. The first kappa shape index (κ1) is 14.4. The van der Waals surface area contributed by atoms with Crippen molar-refractivity contribution in [3.8, 4) is 0 Å². The van der Waals surface area contributed by atoms with E-state index in [1.807, 2.05) is 18.2 Å². The number of benzene rings is 1. The van der Waals surface area contributed by atoms with Gasteiger partial charge in [0.15, 0.2) is 0 Å². The zero-order chi connectivity index (χ0) is 14.1. The van der Waals surface area contributed by atoms with E-state index in [2.05, 4.69) is 58.9 Å². The second-order valence-corrected chi connectivity index (χ2v) is 6.25. The zero-order valence-electron chi connectivity index (χ0n) is 12.5. The molecule has 1 atom stereocenters. The number of rotatable bonds is 3. The summed E-state index contributed by atoms with van der Waals surface area (Å²) in [5.41, 5.74) is 0.685. The molecule has 0 unspecified atom stereocenters. The minimum Gasteiger partial charge on any atom is -0.403 e. The fraction of sp³-hybridized carbons (Fsp3) is 0.500. The van der Waals surface area contributed by atoms with Crippen LogP contribution in [0.3, 0.4) is 0 Å². The molecule has 0 amide bonds. The third-order valence-electron chi connectivity index (χ3n) is 4.09. The molecule has 1 aliphatic rings. The maximum absolute atomic E-state index is 6.04. The van der Waals surface area contributed by atoms with E-state index in [-0.39, 0.29) is 24.1 Å². The molecule has 1 aliphatic heterocycles. The predicted octanol–water partition coefficient (Wildman–Crippen LogP) is 4.18. The van der Waals surface area contributed by atoms with E-state index in [9.17, 15) is 0 Å². The van der Waals surface area contributed by atoms with E-state index in [1.165, 1.54) is 5.56 Å². The second kappa shape index (κ2) is 5.14. The predicted molar refractivity (Wildman–Crippen MR) is 81.0 cm³/mol. The Morgan fingerprint density at radius 3 is 2.05 bits per heavy atom. The van der Waals surface area contributed by atoms with E-state index in [0.29, 0.717) is 0 Å². The smallest absolute Gasteiger partial charge is 0.403 e. The molecule has 3 heteroatoms. The van der Waals surface area contributed by atoms with Crippen LogP contribution in [0.15, 0.2) is 36.4 Å². The van der Waals surface area contributed by atoms with E-state index in [0.717, 1.165) is 0 Å². The van der Waals surface area contributed by atoms with Crippen LogP contribution in [-0.4, -0.2) is 18.3 Å². The van der Waals surface area contributed by atoms with Gasteiger partial charge in [-0.15, -0.1) is 0 Å². The molecule has 1 fully saturated rings. The molecule has 102 valence electrons. The molecule has 0 aromatic heterocycles. The third-order valence-corrected chi connectivity index (χ3v) is 4.09. The van der Waals surface area contributed by atoms with Crippen molar-refractivity contribution >= 4 is 13.2 Å². The van der Waals surface area contributed by atoms with E-state index >= 15 is 0 Å². The largest absolute Gasteiger partial charge is 0.464 e. The van der Waals surface area contributed by atoms with Crippen LogP contribution >= 0.6 is 0 Å². The summed E-state index contributed by atoms with van der Waals surface area (Å²) in [5.74, 6) is 0.223. The molecule has 1 aromatic rings. The number of allylic oxidation sites excluding steroid dienone is 1. The first-order valence-electron chi connectivity index (χ1n) is 6.91. The van der Waals surface area contributed by atoms with Crippen molar-refractivity contribution in [3.63, 3.8) is 0 Å². The van der Waals surface area contributed by atoms with E-state index in [4.69, 9.17) is 9.31 Å². The van der Waals surface area contributed by atoms with Crippen LogP contribution in [0.25, 0.3) is 6.08 Å². The van der Waals surface area contributed by atoms with Gasteiger partial charge in [-0.25, -0.2) is 0 Å². The summed E-state index contributed by atoms with van der Waals surface area (Å²) in [6.07, 6.45) is 4.27. The first-order chi connectivity index (χ1) is 8.82. The maximum atomic E-state index is 6.04. The molecule has 0 radical (unpaired) electrons. The topological polar surface area (TPSA) is 18.5 Å². The van der Waals surface area contributed by atoms with Crippen LogP contribution in [-0.2, 0) is 9.31 Å². The van der Waals surface area contributed by atoms with Gasteiger partial charge >= 0.3 is 7.12 Å². The standard InChI is InChI=1S/C16H23BO2/c1-13(11-12-14-9-7-6-8-10-14)17-18-15(2,3)16(4,5)19-17/h6-13H,1-5H3/b12-11+/t13-/m0/s1. The highest BCUT2D eigenvalue weighted by molar-refractivity contribution is 6.48. The summed E-state index contributed by atoms with van der Waals surface area (Å²) >= 11 is 0. The Morgan fingerprint density at radius 1 is 1.00 bits per heavy atom. The van der Waals surface area contributed by atoms with Crippen molar-refractivity contribution < 1.29 is 9.31 Å². The summed E-state index contributed by atoms with van der Waals surface area (Å²) in [6.45, 7) is 10.5. The Labute approximate surface area is 117 Å². The molecular formula is C16H23BO2. The van der Waals surface area contributed by atoms with Gasteiger partial charge in [-0.05, 0) is 33.3 Å². The van der Waals surface area contributed by atoms with Crippen molar-refractivity contribution in [2.75, 3.05) is 0 Å². The van der Waals surface area contributed by atoms with Crippen molar-refractivity contribution in [3.05, 3.63) is 42.0 Å². The molecular weight excluding hydrogens is 235 g/mol. The molecule has 0 bridgehead atoms. The zero-order valence-corrected chi connectivity index (χ0v) is 12.5. The van der Waals surface area contributed by atoms with Crippen LogP contribution in [0.4, 0.5) is 0 Å². The summed E-state index contributed by atoms with van der Waals surface area (Å²) in [7, 11) is -0.176. The Hall–Kier alpha value is -1.06. The van der Waals surface area contributed by atoms with Crippen molar-refractivity contribution in [1.29, 1.82) is 0 Å². The van der Waals surface area contributed by atoms with Crippen LogP contribution in [0.5, 0.6) is 0 Å². The molecule has 1 heterocycles. The SMILES string of the molecule is C[C@@H](/C=C/c1ccccc1)B1OC(C)(C)C(C)(C)O1. The normalized spacial score (nSPS) is 22.9. The van der Waals surface area contributed by atoms with Gasteiger partial charge in [-0.2, -0.15) is 0 Å². The minimum atomic E-state index is -0.257. The van der Waals surface area contributed by atoms with Gasteiger partial charge in [-0.1, -0.05) is 49.4 Å². The maximum Gasteiger partial charge on any atom is 0.464 e. The van der Waals surface area contributed by atoms with Crippen molar-refractivity contribution in [2.45, 2.75) is 51.6 Å². The lowest BCUT2D eigenvalue weighted by molar-refractivity contribution is 0.00578. The highest BCUT2D eigenvalue weighted by atomic mass is 16.7. The molecule has 0 spiro atoms. The van der Waals surface area contributed by atoms with Crippen LogP contribution in [0.1, 0.15) is 40.2 Å². The Morgan fingerprint density at radius 2 is 1.53 bits per heavy atom. The van der Waals surface area contributed by atoms with Gasteiger partial charge in [0.05, 0.1) is 11.2 Å². The molecule has 1 aromatic carbocycles. The van der Waals surface area contributed by atoms with Gasteiger partial charge in [0.2, 0.25) is 0 Å². The number of hydrogen-bond donors (Lipinski definition) is 0. The van der Waals surface area contributed by atoms with Gasteiger partial charge < -0.3 is 9.31 Å². The van der Waals surface area contributed by atoms with Crippen molar-refractivity contribution in [2.24, 2.45) is 0 Å². The van der Waals surface area contributed by atoms with E-state index < -0.39 is 0 Å². The Balaban J connectivity index is 2.03. The highest BCUT2D eigenvalue weighted by Crippen LogP contribution is 2.40. The average Bonchev–Trinajstić information content (AvgIpc) is 2.57. The third kappa shape index (κ3) is 3.10. The lowest BCUT2D eigenvalue weighted by Crippen LogP contribution is -2.41. The summed E-state index contributed by atoms with van der Waals surface area (Å²) in [5, 5.41) is 0. The quantitative estimate of drug-likeness (QED) is 0.757. The second-order valence-electron chi connectivity index (χ2n) is 6.25. The molecule has 0 saturated carbocycles. The monoisotopic (exact) mass is 258 g/mol. The highest BCUT2D eigenvalue weighted by Gasteiger charge is 2.52. The fourth-order valence-corrected chi connectivity index (χ4v) is 2.02. The van der Waals surface area contributed by atoms with Gasteiger partial charge in [0.1, 0.15) is 0 Å². The molecule has 19 heavy (non-hydrogen) atoms. The molecule has 1 saturated heterocycles. The molecule has 2 rings (SSSR count). The average molecular weight is 258 g/mol. The molecule has 0 aliphatic carbocycles. The van der Waals surface area contributed by atoms with Crippen LogP contribution < -0.4 is 0 Å². The van der Waals surface area contributed by atoms with Crippen LogP contribution in [0.2, 0.25) is 5.82 Å². The van der Waals surface area contributed by atoms with E-state index in [1.54, 1.807) is 0 Å². The Bertz CT molecular complexity index is 435. The summed E-state index contributed by atoms with van der Waals surface area (Å²) in [6, 6.07) is 10.3. The lowest BCUT2D eigenvalue weighted by atomic mass is 9.73. The Kier molecular flexibility index (Phi) is 3.89. The van der Waals surface area contributed by atoms with Gasteiger partial charge in [0, 0.05) is 5.82 Å².